The van der Waals surface area contributed by atoms with Crippen molar-refractivity contribution in [1.29, 1.82) is 0 Å². The fourth-order valence-corrected chi connectivity index (χ4v) is 1.67. The summed E-state index contributed by atoms with van der Waals surface area (Å²) in [5, 5.41) is 2.76. The molecule has 1 aromatic rings. The number of nitrogens with one attached hydrogen (secondary N) is 1. The van der Waals surface area contributed by atoms with Crippen LogP contribution in [0.2, 0.25) is 0 Å². The topological polar surface area (TPSA) is 55.4 Å². The maximum atomic E-state index is 11.7. The van der Waals surface area contributed by atoms with E-state index in [9.17, 15) is 9.59 Å². The van der Waals surface area contributed by atoms with Gasteiger partial charge in [-0.1, -0.05) is 12.1 Å². The molecule has 0 unspecified atom stereocenters. The zero-order valence-electron chi connectivity index (χ0n) is 9.73. The Morgan fingerprint density at radius 2 is 2.06 bits per heavy atom. The molecule has 0 aliphatic heterocycles. The standard InChI is InChI=1S/C13H15NO3/c1-17-13(16)10-4-2-3-5-11(10)14-12(15)8-9-6-7-9/h2-5,9H,6-8H2,1H3,(H,14,15). The number of anilines is 1. The normalized spacial score (nSPS) is 14.2. The van der Waals surface area contributed by atoms with Crippen LogP contribution in [-0.4, -0.2) is 19.0 Å². The molecular formula is C13H15NO3. The molecule has 2 rings (SSSR count). The molecule has 1 aliphatic rings. The zero-order chi connectivity index (χ0) is 12.3. The summed E-state index contributed by atoms with van der Waals surface area (Å²) < 4.78 is 4.66. The van der Waals surface area contributed by atoms with Crippen molar-refractivity contribution in [2.45, 2.75) is 19.3 Å². The molecule has 0 radical (unpaired) electrons. The molecule has 17 heavy (non-hydrogen) atoms. The summed E-state index contributed by atoms with van der Waals surface area (Å²) in [6.45, 7) is 0. The molecule has 0 saturated heterocycles. The van der Waals surface area contributed by atoms with Crippen molar-refractivity contribution in [3.63, 3.8) is 0 Å². The maximum absolute atomic E-state index is 11.7. The van der Waals surface area contributed by atoms with Gasteiger partial charge < -0.3 is 10.1 Å². The highest BCUT2D eigenvalue weighted by molar-refractivity contribution is 6.01. The molecule has 1 saturated carbocycles. The number of amides is 1. The number of methoxy groups -OCH3 is 1. The van der Waals surface area contributed by atoms with Crippen LogP contribution in [0.1, 0.15) is 29.6 Å². The minimum absolute atomic E-state index is 0.0381. The minimum Gasteiger partial charge on any atom is -0.465 e. The van der Waals surface area contributed by atoms with Crippen LogP contribution in [0.4, 0.5) is 5.69 Å². The molecule has 1 N–H and O–H groups in total. The Morgan fingerprint density at radius 1 is 1.35 bits per heavy atom. The van der Waals surface area contributed by atoms with Crippen LogP contribution < -0.4 is 5.32 Å². The Labute approximate surface area is 100.0 Å². The van der Waals surface area contributed by atoms with E-state index < -0.39 is 5.97 Å². The van der Waals surface area contributed by atoms with Crippen molar-refractivity contribution >= 4 is 17.6 Å². The average molecular weight is 233 g/mol. The van der Waals surface area contributed by atoms with Gasteiger partial charge in [0.2, 0.25) is 5.91 Å². The summed E-state index contributed by atoms with van der Waals surface area (Å²) in [6.07, 6.45) is 2.80. The lowest BCUT2D eigenvalue weighted by atomic mass is 10.1. The van der Waals surface area contributed by atoms with E-state index in [4.69, 9.17) is 0 Å². The first-order valence-electron chi connectivity index (χ1n) is 5.68. The molecule has 4 heteroatoms. The summed E-state index contributed by atoms with van der Waals surface area (Å²) >= 11 is 0. The van der Waals surface area contributed by atoms with Gasteiger partial charge >= 0.3 is 5.97 Å². The third kappa shape index (κ3) is 3.06. The number of hydrogen-bond donors (Lipinski definition) is 1. The van der Waals surface area contributed by atoms with Crippen molar-refractivity contribution in [1.82, 2.24) is 0 Å². The van der Waals surface area contributed by atoms with Gasteiger partial charge in [0.15, 0.2) is 0 Å². The van der Waals surface area contributed by atoms with Gasteiger partial charge in [0.25, 0.3) is 0 Å². The molecule has 1 fully saturated rings. The number of ether oxygens (including phenoxy) is 1. The lowest BCUT2D eigenvalue weighted by Crippen LogP contribution is -2.15. The quantitative estimate of drug-likeness (QED) is 0.811. The SMILES string of the molecule is COC(=O)c1ccccc1NC(=O)CC1CC1. The number of carbonyl (C=O) groups is 2. The molecular weight excluding hydrogens is 218 g/mol. The number of para-hydroxylation sites is 1. The van der Waals surface area contributed by atoms with Crippen molar-refractivity contribution in [2.24, 2.45) is 5.92 Å². The second-order valence-electron chi connectivity index (χ2n) is 4.23. The highest BCUT2D eigenvalue weighted by Crippen LogP contribution is 2.32. The average Bonchev–Trinajstić information content (AvgIpc) is 3.12. The van der Waals surface area contributed by atoms with Crippen LogP contribution in [0.3, 0.4) is 0 Å². The maximum Gasteiger partial charge on any atom is 0.339 e. The lowest BCUT2D eigenvalue weighted by molar-refractivity contribution is -0.116. The van der Waals surface area contributed by atoms with Crippen molar-refractivity contribution in [2.75, 3.05) is 12.4 Å². The Kier molecular flexibility index (Phi) is 3.42. The number of hydrogen-bond acceptors (Lipinski definition) is 3. The third-order valence-corrected chi connectivity index (χ3v) is 2.78. The Bertz CT molecular complexity index is 438. The van der Waals surface area contributed by atoms with Crippen LogP contribution in [0.15, 0.2) is 24.3 Å². The minimum atomic E-state index is -0.438. The van der Waals surface area contributed by atoms with Crippen LogP contribution in [-0.2, 0) is 9.53 Å². The van der Waals surface area contributed by atoms with Gasteiger partial charge in [-0.05, 0) is 30.9 Å². The molecule has 0 heterocycles. The predicted octanol–water partition coefficient (Wildman–Crippen LogP) is 2.21. The molecule has 1 aromatic carbocycles. The summed E-state index contributed by atoms with van der Waals surface area (Å²) in [7, 11) is 1.32. The highest BCUT2D eigenvalue weighted by atomic mass is 16.5. The Hall–Kier alpha value is -1.84. The first-order valence-corrected chi connectivity index (χ1v) is 5.68. The van der Waals surface area contributed by atoms with Gasteiger partial charge in [0, 0.05) is 6.42 Å². The highest BCUT2D eigenvalue weighted by Gasteiger charge is 2.24. The zero-order valence-corrected chi connectivity index (χ0v) is 9.73. The van der Waals surface area contributed by atoms with Crippen LogP contribution in [0.25, 0.3) is 0 Å². The second kappa shape index (κ2) is 4.99. The van der Waals surface area contributed by atoms with E-state index in [1.807, 2.05) is 0 Å². The number of carbonyl (C=O) groups excluding carboxylic acids is 2. The van der Waals surface area contributed by atoms with Gasteiger partial charge in [-0.2, -0.15) is 0 Å². The molecule has 1 aliphatic carbocycles. The van der Waals surface area contributed by atoms with Gasteiger partial charge in [-0.15, -0.1) is 0 Å². The number of rotatable bonds is 4. The monoisotopic (exact) mass is 233 g/mol. The van der Waals surface area contributed by atoms with E-state index in [-0.39, 0.29) is 5.91 Å². The fourth-order valence-electron chi connectivity index (χ4n) is 1.67. The first kappa shape index (κ1) is 11.6. The van der Waals surface area contributed by atoms with E-state index in [0.717, 1.165) is 12.8 Å². The van der Waals surface area contributed by atoms with Crippen LogP contribution in [0, 0.1) is 5.92 Å². The molecule has 0 atom stereocenters. The smallest absolute Gasteiger partial charge is 0.339 e. The van der Waals surface area contributed by atoms with E-state index >= 15 is 0 Å². The molecule has 1 amide bonds. The van der Waals surface area contributed by atoms with Crippen molar-refractivity contribution < 1.29 is 14.3 Å². The molecule has 90 valence electrons. The molecule has 0 aromatic heterocycles. The van der Waals surface area contributed by atoms with Gasteiger partial charge in [0.1, 0.15) is 0 Å². The van der Waals surface area contributed by atoms with E-state index in [2.05, 4.69) is 10.1 Å². The Balaban J connectivity index is 2.08. The number of esters is 1. The molecule has 0 bridgehead atoms. The largest absolute Gasteiger partial charge is 0.465 e. The first-order chi connectivity index (χ1) is 8.20. The Morgan fingerprint density at radius 3 is 2.71 bits per heavy atom. The summed E-state index contributed by atoms with van der Waals surface area (Å²) in [6, 6.07) is 6.86. The van der Waals surface area contributed by atoms with Crippen molar-refractivity contribution in [3.8, 4) is 0 Å². The predicted molar refractivity (Wildman–Crippen MR) is 63.8 cm³/mol. The summed E-state index contributed by atoms with van der Waals surface area (Å²) in [5.41, 5.74) is 0.907. The molecule has 0 spiro atoms. The van der Waals surface area contributed by atoms with E-state index in [1.165, 1.54) is 7.11 Å². The van der Waals surface area contributed by atoms with Gasteiger partial charge in [-0.25, -0.2) is 4.79 Å². The second-order valence-corrected chi connectivity index (χ2v) is 4.23. The number of benzene rings is 1. The van der Waals surface area contributed by atoms with Crippen LogP contribution >= 0.6 is 0 Å². The van der Waals surface area contributed by atoms with Crippen LogP contribution in [0.5, 0.6) is 0 Å². The fraction of sp³-hybridized carbons (Fsp3) is 0.385. The van der Waals surface area contributed by atoms with E-state index in [0.29, 0.717) is 23.6 Å². The lowest BCUT2D eigenvalue weighted by Gasteiger charge is -2.09. The summed E-state index contributed by atoms with van der Waals surface area (Å²) in [4.78, 5) is 23.1. The van der Waals surface area contributed by atoms with E-state index in [1.54, 1.807) is 24.3 Å². The van der Waals surface area contributed by atoms with Gasteiger partial charge in [0.05, 0.1) is 18.4 Å². The van der Waals surface area contributed by atoms with Gasteiger partial charge in [-0.3, -0.25) is 4.79 Å². The van der Waals surface area contributed by atoms with Crippen molar-refractivity contribution in [3.05, 3.63) is 29.8 Å². The summed E-state index contributed by atoms with van der Waals surface area (Å²) in [5.74, 6) is 0.0523. The molecule has 4 nitrogen and oxygen atoms in total. The third-order valence-electron chi connectivity index (χ3n) is 2.78.